The van der Waals surface area contributed by atoms with Crippen LogP contribution in [-0.4, -0.2) is 18.2 Å². The lowest BCUT2D eigenvalue weighted by atomic mass is 10.1. The molecular formula is C10H14N4O. The molecule has 0 fully saturated rings. The van der Waals surface area contributed by atoms with Gasteiger partial charge in [0.05, 0.1) is 6.67 Å². The minimum atomic E-state index is 0.616. The van der Waals surface area contributed by atoms with Gasteiger partial charge < -0.3 is 9.73 Å². The van der Waals surface area contributed by atoms with Crippen molar-refractivity contribution in [2.45, 2.75) is 6.42 Å². The lowest BCUT2D eigenvalue weighted by molar-refractivity contribution is 0.596. The average molecular weight is 206 g/mol. The van der Waals surface area contributed by atoms with E-state index in [0.717, 1.165) is 24.1 Å². The molecule has 0 spiro atoms. The summed E-state index contributed by atoms with van der Waals surface area (Å²) >= 11 is 0. The van der Waals surface area contributed by atoms with E-state index in [1.165, 1.54) is 12.0 Å². The highest BCUT2D eigenvalue weighted by molar-refractivity contribution is 5.72. The van der Waals surface area contributed by atoms with Crippen LogP contribution in [-0.2, 0) is 6.42 Å². The van der Waals surface area contributed by atoms with Gasteiger partial charge in [-0.25, -0.2) is 10.4 Å². The standard InChI is InChI=1S/C10H14N4O/c11-14-6-12-4-3-8-1-2-9-10(5-8)15-7-13-9/h1-2,5,7,12,14H,3-4,6,11H2. The van der Waals surface area contributed by atoms with E-state index in [4.69, 9.17) is 10.3 Å². The Labute approximate surface area is 87.6 Å². The molecule has 15 heavy (non-hydrogen) atoms. The van der Waals surface area contributed by atoms with Crippen LogP contribution in [0.4, 0.5) is 0 Å². The molecule has 0 unspecified atom stereocenters. The first-order valence-corrected chi connectivity index (χ1v) is 4.86. The van der Waals surface area contributed by atoms with E-state index < -0.39 is 0 Å². The van der Waals surface area contributed by atoms with Gasteiger partial charge in [0.1, 0.15) is 5.52 Å². The summed E-state index contributed by atoms with van der Waals surface area (Å²) in [6, 6.07) is 6.04. The molecule has 5 heteroatoms. The smallest absolute Gasteiger partial charge is 0.181 e. The van der Waals surface area contributed by atoms with Crippen LogP contribution in [0.1, 0.15) is 5.56 Å². The summed E-state index contributed by atoms with van der Waals surface area (Å²) in [5, 5.41) is 3.14. The molecule has 1 heterocycles. The van der Waals surface area contributed by atoms with Crippen molar-refractivity contribution in [3.05, 3.63) is 30.2 Å². The maximum Gasteiger partial charge on any atom is 0.181 e. The van der Waals surface area contributed by atoms with Crippen LogP contribution in [0.25, 0.3) is 11.1 Å². The van der Waals surface area contributed by atoms with E-state index in [0.29, 0.717) is 6.67 Å². The quantitative estimate of drug-likeness (QED) is 0.285. The predicted molar refractivity (Wildman–Crippen MR) is 57.9 cm³/mol. The van der Waals surface area contributed by atoms with Gasteiger partial charge in [-0.05, 0) is 24.1 Å². The Morgan fingerprint density at radius 1 is 1.40 bits per heavy atom. The zero-order valence-corrected chi connectivity index (χ0v) is 8.36. The van der Waals surface area contributed by atoms with Gasteiger partial charge in [-0.3, -0.25) is 5.84 Å². The molecule has 0 aliphatic rings. The number of aromatic nitrogens is 1. The second kappa shape index (κ2) is 4.88. The topological polar surface area (TPSA) is 76.1 Å². The first-order valence-electron chi connectivity index (χ1n) is 4.86. The van der Waals surface area contributed by atoms with E-state index in [1.807, 2.05) is 12.1 Å². The van der Waals surface area contributed by atoms with Gasteiger partial charge in [0.2, 0.25) is 0 Å². The molecule has 0 saturated carbocycles. The number of fused-ring (bicyclic) bond motifs is 1. The SMILES string of the molecule is NNCNCCc1ccc2ncoc2c1. The van der Waals surface area contributed by atoms with Gasteiger partial charge in [0.25, 0.3) is 0 Å². The zero-order chi connectivity index (χ0) is 10.5. The number of oxazole rings is 1. The monoisotopic (exact) mass is 206 g/mol. The Kier molecular flexibility index (Phi) is 3.29. The molecule has 1 aromatic carbocycles. The maximum atomic E-state index is 5.22. The van der Waals surface area contributed by atoms with Crippen molar-refractivity contribution in [3.63, 3.8) is 0 Å². The lowest BCUT2D eigenvalue weighted by Crippen LogP contribution is -2.34. The summed E-state index contributed by atoms with van der Waals surface area (Å²) in [5.41, 5.74) is 5.50. The molecule has 2 aromatic rings. The third kappa shape index (κ3) is 2.53. The molecule has 0 radical (unpaired) electrons. The summed E-state index contributed by atoms with van der Waals surface area (Å²) in [4.78, 5) is 4.06. The van der Waals surface area contributed by atoms with Gasteiger partial charge in [0, 0.05) is 6.54 Å². The summed E-state index contributed by atoms with van der Waals surface area (Å²) < 4.78 is 5.22. The van der Waals surface area contributed by atoms with Crippen LogP contribution >= 0.6 is 0 Å². The van der Waals surface area contributed by atoms with E-state index >= 15 is 0 Å². The van der Waals surface area contributed by atoms with Crippen molar-refractivity contribution >= 4 is 11.1 Å². The minimum Gasteiger partial charge on any atom is -0.443 e. The molecule has 0 amide bonds. The van der Waals surface area contributed by atoms with E-state index in [-0.39, 0.29) is 0 Å². The zero-order valence-electron chi connectivity index (χ0n) is 8.36. The largest absolute Gasteiger partial charge is 0.443 e. The normalized spacial score (nSPS) is 11.0. The van der Waals surface area contributed by atoms with Gasteiger partial charge >= 0.3 is 0 Å². The Morgan fingerprint density at radius 2 is 2.33 bits per heavy atom. The molecule has 0 atom stereocenters. The van der Waals surface area contributed by atoms with E-state index in [2.05, 4.69) is 21.8 Å². The molecule has 4 N–H and O–H groups in total. The molecule has 1 aromatic heterocycles. The Hall–Kier alpha value is -1.43. The first kappa shape index (κ1) is 10.1. The fourth-order valence-electron chi connectivity index (χ4n) is 1.45. The third-order valence-electron chi connectivity index (χ3n) is 2.21. The minimum absolute atomic E-state index is 0.616. The molecular weight excluding hydrogens is 192 g/mol. The molecule has 0 aliphatic carbocycles. The summed E-state index contributed by atoms with van der Waals surface area (Å²) in [5.74, 6) is 5.13. The molecule has 0 saturated heterocycles. The van der Waals surface area contributed by atoms with Gasteiger partial charge in [0.15, 0.2) is 12.0 Å². The average Bonchev–Trinajstić information content (AvgIpc) is 2.71. The number of benzene rings is 1. The van der Waals surface area contributed by atoms with Crippen molar-refractivity contribution in [1.82, 2.24) is 15.7 Å². The Balaban J connectivity index is 1.96. The van der Waals surface area contributed by atoms with Crippen molar-refractivity contribution in [3.8, 4) is 0 Å². The second-order valence-corrected chi connectivity index (χ2v) is 3.29. The van der Waals surface area contributed by atoms with Crippen LogP contribution in [0.5, 0.6) is 0 Å². The number of hydrogen-bond donors (Lipinski definition) is 3. The van der Waals surface area contributed by atoms with Gasteiger partial charge in [-0.1, -0.05) is 6.07 Å². The van der Waals surface area contributed by atoms with Crippen molar-refractivity contribution in [1.29, 1.82) is 0 Å². The van der Waals surface area contributed by atoms with Crippen LogP contribution in [0, 0.1) is 0 Å². The molecule has 0 aliphatic heterocycles. The predicted octanol–water partition coefficient (Wildman–Crippen LogP) is 0.381. The van der Waals surface area contributed by atoms with Crippen LogP contribution in [0.15, 0.2) is 29.0 Å². The summed E-state index contributed by atoms with van der Waals surface area (Å²) in [6.07, 6.45) is 2.41. The Bertz CT molecular complexity index is 426. The molecule has 5 nitrogen and oxygen atoms in total. The van der Waals surface area contributed by atoms with E-state index in [9.17, 15) is 0 Å². The highest BCUT2D eigenvalue weighted by Gasteiger charge is 1.99. The lowest BCUT2D eigenvalue weighted by Gasteiger charge is -2.03. The fourth-order valence-corrected chi connectivity index (χ4v) is 1.45. The van der Waals surface area contributed by atoms with Crippen molar-refractivity contribution in [2.75, 3.05) is 13.2 Å². The first-order chi connectivity index (χ1) is 7.40. The summed E-state index contributed by atoms with van der Waals surface area (Å²) in [6.45, 7) is 1.49. The number of nitrogens with zero attached hydrogens (tertiary/aromatic N) is 1. The number of nitrogens with two attached hydrogens (primary N) is 1. The molecule has 2 rings (SSSR count). The number of hydrazine groups is 1. The van der Waals surface area contributed by atoms with Crippen LogP contribution < -0.4 is 16.6 Å². The number of rotatable bonds is 5. The molecule has 80 valence electrons. The molecule has 0 bridgehead atoms. The Morgan fingerprint density at radius 3 is 3.20 bits per heavy atom. The van der Waals surface area contributed by atoms with Gasteiger partial charge in [-0.15, -0.1) is 0 Å². The third-order valence-corrected chi connectivity index (χ3v) is 2.21. The maximum absolute atomic E-state index is 5.22. The number of nitrogens with one attached hydrogen (secondary N) is 2. The summed E-state index contributed by atoms with van der Waals surface area (Å²) in [7, 11) is 0. The van der Waals surface area contributed by atoms with Crippen LogP contribution in [0.2, 0.25) is 0 Å². The van der Waals surface area contributed by atoms with Crippen molar-refractivity contribution < 1.29 is 4.42 Å². The number of hydrogen-bond acceptors (Lipinski definition) is 5. The highest BCUT2D eigenvalue weighted by Crippen LogP contribution is 2.14. The second-order valence-electron chi connectivity index (χ2n) is 3.29. The van der Waals surface area contributed by atoms with Crippen LogP contribution in [0.3, 0.4) is 0 Å². The van der Waals surface area contributed by atoms with E-state index in [1.54, 1.807) is 0 Å². The highest BCUT2D eigenvalue weighted by atomic mass is 16.3. The fraction of sp³-hybridized carbons (Fsp3) is 0.300. The van der Waals surface area contributed by atoms with Gasteiger partial charge in [-0.2, -0.15) is 0 Å². The van der Waals surface area contributed by atoms with Crippen molar-refractivity contribution in [2.24, 2.45) is 5.84 Å².